The molecule has 0 spiro atoms. The summed E-state index contributed by atoms with van der Waals surface area (Å²) >= 11 is 3.22. The fraction of sp³-hybridized carbons (Fsp3) is 0.300. The minimum Gasteiger partial charge on any atom is -0.439 e. The Hall–Kier alpha value is -1.24. The molecule has 1 heterocycles. The number of hydrogen-bond acceptors (Lipinski definition) is 3. The molecule has 0 saturated heterocycles. The summed E-state index contributed by atoms with van der Waals surface area (Å²) in [6.45, 7) is 0. The van der Waals surface area contributed by atoms with E-state index in [1.165, 1.54) is 0 Å². The molecular formula is C10H8BrF3N2O. The van der Waals surface area contributed by atoms with Gasteiger partial charge in [0, 0.05) is 10.9 Å². The summed E-state index contributed by atoms with van der Waals surface area (Å²) in [7, 11) is 0. The molecule has 2 rings (SSSR count). The highest BCUT2D eigenvalue weighted by molar-refractivity contribution is 9.10. The van der Waals surface area contributed by atoms with Gasteiger partial charge in [0.25, 0.3) is 0 Å². The van der Waals surface area contributed by atoms with Gasteiger partial charge in [-0.25, -0.2) is 4.98 Å². The Morgan fingerprint density at radius 3 is 2.71 bits per heavy atom. The Balaban J connectivity index is 2.29. The van der Waals surface area contributed by atoms with Crippen molar-refractivity contribution in [3.8, 4) is 0 Å². The van der Waals surface area contributed by atoms with Gasteiger partial charge in [0.1, 0.15) is 5.52 Å². The molecule has 17 heavy (non-hydrogen) atoms. The molecular weight excluding hydrogens is 301 g/mol. The number of nitrogen functional groups attached to an aromatic ring is 1. The first kappa shape index (κ1) is 12.2. The van der Waals surface area contributed by atoms with Crippen molar-refractivity contribution in [2.45, 2.75) is 19.0 Å². The molecule has 92 valence electrons. The van der Waals surface area contributed by atoms with Crippen LogP contribution < -0.4 is 5.73 Å². The third kappa shape index (κ3) is 2.91. The zero-order valence-electron chi connectivity index (χ0n) is 8.51. The van der Waals surface area contributed by atoms with Crippen molar-refractivity contribution in [3.05, 3.63) is 22.5 Å². The van der Waals surface area contributed by atoms with Crippen LogP contribution in [0.4, 0.5) is 18.9 Å². The van der Waals surface area contributed by atoms with Crippen molar-refractivity contribution >= 4 is 32.7 Å². The standard InChI is InChI=1S/C10H8BrF3N2O/c11-5-3-6(15)9-7(4-5)16-8(17-9)1-2-10(12,13)14/h3-4H,1-2,15H2. The highest BCUT2D eigenvalue weighted by atomic mass is 79.9. The lowest BCUT2D eigenvalue weighted by atomic mass is 10.3. The maximum absolute atomic E-state index is 12.0. The lowest BCUT2D eigenvalue weighted by Crippen LogP contribution is -2.08. The first-order valence-corrected chi connectivity index (χ1v) is 5.55. The predicted octanol–water partition coefficient (Wildman–Crippen LogP) is 3.67. The molecule has 0 atom stereocenters. The molecule has 1 aromatic heterocycles. The Morgan fingerprint density at radius 2 is 2.06 bits per heavy atom. The van der Waals surface area contributed by atoms with Crippen molar-refractivity contribution in [1.82, 2.24) is 4.98 Å². The molecule has 0 radical (unpaired) electrons. The second kappa shape index (κ2) is 4.21. The maximum Gasteiger partial charge on any atom is 0.389 e. The quantitative estimate of drug-likeness (QED) is 0.861. The summed E-state index contributed by atoms with van der Waals surface area (Å²) in [4.78, 5) is 3.96. The third-order valence-electron chi connectivity index (χ3n) is 2.15. The molecule has 3 nitrogen and oxygen atoms in total. The van der Waals surface area contributed by atoms with Gasteiger partial charge in [-0.1, -0.05) is 15.9 Å². The van der Waals surface area contributed by atoms with Crippen LogP contribution in [0.3, 0.4) is 0 Å². The average Bonchev–Trinajstić information content (AvgIpc) is 2.56. The Labute approximate surface area is 103 Å². The van der Waals surface area contributed by atoms with Crippen LogP contribution >= 0.6 is 15.9 Å². The molecule has 7 heteroatoms. The number of halogens is 4. The van der Waals surface area contributed by atoms with Crippen molar-refractivity contribution in [2.24, 2.45) is 0 Å². The summed E-state index contributed by atoms with van der Waals surface area (Å²) in [5, 5.41) is 0. The van der Waals surface area contributed by atoms with E-state index in [4.69, 9.17) is 10.2 Å². The van der Waals surface area contributed by atoms with Gasteiger partial charge in [-0.3, -0.25) is 0 Å². The summed E-state index contributed by atoms with van der Waals surface area (Å²) in [5.41, 5.74) is 6.79. The van der Waals surface area contributed by atoms with Crippen LogP contribution in [-0.2, 0) is 6.42 Å². The first-order valence-electron chi connectivity index (χ1n) is 4.76. The van der Waals surface area contributed by atoms with Crippen LogP contribution in [0, 0.1) is 0 Å². The van der Waals surface area contributed by atoms with E-state index in [9.17, 15) is 13.2 Å². The van der Waals surface area contributed by atoms with E-state index in [1.807, 2.05) is 0 Å². The molecule has 0 amide bonds. The zero-order valence-corrected chi connectivity index (χ0v) is 10.1. The summed E-state index contributed by atoms with van der Waals surface area (Å²) in [6.07, 6.45) is -5.46. The largest absolute Gasteiger partial charge is 0.439 e. The monoisotopic (exact) mass is 308 g/mol. The number of fused-ring (bicyclic) bond motifs is 1. The Bertz CT molecular complexity index is 550. The van der Waals surface area contributed by atoms with Crippen LogP contribution in [0.5, 0.6) is 0 Å². The topological polar surface area (TPSA) is 52.0 Å². The van der Waals surface area contributed by atoms with Crippen LogP contribution in [0.25, 0.3) is 11.1 Å². The molecule has 0 unspecified atom stereocenters. The van der Waals surface area contributed by atoms with E-state index < -0.39 is 12.6 Å². The third-order valence-corrected chi connectivity index (χ3v) is 2.61. The van der Waals surface area contributed by atoms with Gasteiger partial charge in [-0.2, -0.15) is 13.2 Å². The van der Waals surface area contributed by atoms with Crippen LogP contribution in [0.2, 0.25) is 0 Å². The van der Waals surface area contributed by atoms with E-state index in [-0.39, 0.29) is 12.3 Å². The predicted molar refractivity (Wildman–Crippen MR) is 60.5 cm³/mol. The minimum absolute atomic E-state index is 0.0436. The van der Waals surface area contributed by atoms with Crippen LogP contribution in [0.15, 0.2) is 21.0 Å². The zero-order chi connectivity index (χ0) is 12.6. The second-order valence-electron chi connectivity index (χ2n) is 3.57. The number of nitrogens with two attached hydrogens (primary N) is 1. The molecule has 0 bridgehead atoms. The Morgan fingerprint density at radius 1 is 1.35 bits per heavy atom. The SMILES string of the molecule is Nc1cc(Br)cc2nc(CCC(F)(F)F)oc12. The fourth-order valence-corrected chi connectivity index (χ4v) is 1.89. The minimum atomic E-state index is -4.22. The van der Waals surface area contributed by atoms with Gasteiger partial charge in [-0.05, 0) is 12.1 Å². The van der Waals surface area contributed by atoms with Gasteiger partial charge in [-0.15, -0.1) is 0 Å². The van der Waals surface area contributed by atoms with Gasteiger partial charge in [0.2, 0.25) is 0 Å². The van der Waals surface area contributed by atoms with E-state index in [0.29, 0.717) is 21.3 Å². The molecule has 0 aliphatic heterocycles. The summed E-state index contributed by atoms with van der Waals surface area (Å²) in [5.74, 6) is 0.0436. The van der Waals surface area contributed by atoms with Gasteiger partial charge >= 0.3 is 6.18 Å². The molecule has 0 fully saturated rings. The number of aromatic nitrogens is 1. The number of nitrogens with zero attached hydrogens (tertiary/aromatic N) is 1. The van der Waals surface area contributed by atoms with E-state index in [0.717, 1.165) is 0 Å². The average molecular weight is 309 g/mol. The van der Waals surface area contributed by atoms with Gasteiger partial charge in [0.05, 0.1) is 12.1 Å². The van der Waals surface area contributed by atoms with Crippen molar-refractivity contribution in [2.75, 3.05) is 5.73 Å². The number of hydrogen-bond donors (Lipinski definition) is 1. The molecule has 0 aliphatic carbocycles. The highest BCUT2D eigenvalue weighted by Gasteiger charge is 2.27. The lowest BCUT2D eigenvalue weighted by molar-refractivity contribution is -0.134. The molecule has 0 aliphatic rings. The van der Waals surface area contributed by atoms with Crippen molar-refractivity contribution < 1.29 is 17.6 Å². The fourth-order valence-electron chi connectivity index (χ4n) is 1.42. The Kier molecular flexibility index (Phi) is 3.03. The molecule has 1 aromatic carbocycles. The van der Waals surface area contributed by atoms with Crippen LogP contribution in [-0.4, -0.2) is 11.2 Å². The van der Waals surface area contributed by atoms with E-state index in [1.54, 1.807) is 12.1 Å². The van der Waals surface area contributed by atoms with Crippen molar-refractivity contribution in [3.63, 3.8) is 0 Å². The number of alkyl halides is 3. The van der Waals surface area contributed by atoms with Gasteiger partial charge < -0.3 is 10.2 Å². The number of anilines is 1. The maximum atomic E-state index is 12.0. The van der Waals surface area contributed by atoms with Gasteiger partial charge in [0.15, 0.2) is 11.5 Å². The lowest BCUT2D eigenvalue weighted by Gasteiger charge is -2.02. The first-order chi connectivity index (χ1) is 7.85. The smallest absolute Gasteiger partial charge is 0.389 e. The molecule has 2 aromatic rings. The summed E-state index contributed by atoms with van der Waals surface area (Å²) in [6, 6.07) is 3.26. The van der Waals surface area contributed by atoms with Crippen LogP contribution in [0.1, 0.15) is 12.3 Å². The number of oxazole rings is 1. The molecule has 2 N–H and O–H groups in total. The molecule has 0 saturated carbocycles. The van der Waals surface area contributed by atoms with Crippen molar-refractivity contribution in [1.29, 1.82) is 0 Å². The van der Waals surface area contributed by atoms with E-state index in [2.05, 4.69) is 20.9 Å². The summed E-state index contributed by atoms with van der Waals surface area (Å²) < 4.78 is 42.0. The number of rotatable bonds is 2. The number of benzene rings is 1. The number of aryl methyl sites for hydroxylation is 1. The van der Waals surface area contributed by atoms with E-state index >= 15 is 0 Å². The normalized spacial score (nSPS) is 12.2. The second-order valence-corrected chi connectivity index (χ2v) is 4.48. The highest BCUT2D eigenvalue weighted by Crippen LogP contribution is 2.28.